The SMILES string of the molecule is COc1ccc(N2CCN(c3nc(SCc4ccc(C(=O)NCC(C)C)cc4)nc(C)c3C)CC2)cc1. The molecule has 1 aromatic heterocycles. The van der Waals surface area contributed by atoms with Gasteiger partial charge in [0.25, 0.3) is 5.91 Å². The van der Waals surface area contributed by atoms with Gasteiger partial charge < -0.3 is 19.9 Å². The number of hydrogen-bond acceptors (Lipinski definition) is 7. The average molecular weight is 520 g/mol. The fourth-order valence-corrected chi connectivity index (χ4v) is 5.07. The van der Waals surface area contributed by atoms with Crippen molar-refractivity contribution in [3.05, 3.63) is 70.9 Å². The van der Waals surface area contributed by atoms with Crippen molar-refractivity contribution < 1.29 is 9.53 Å². The van der Waals surface area contributed by atoms with E-state index < -0.39 is 0 Å². The third-order valence-corrected chi connectivity index (χ3v) is 7.53. The second kappa shape index (κ2) is 12.3. The number of aromatic nitrogens is 2. The lowest BCUT2D eigenvalue weighted by molar-refractivity contribution is 0.0949. The number of ether oxygens (including phenoxy) is 1. The van der Waals surface area contributed by atoms with Crippen LogP contribution in [-0.4, -0.2) is 55.7 Å². The van der Waals surface area contributed by atoms with Gasteiger partial charge in [0.2, 0.25) is 0 Å². The summed E-state index contributed by atoms with van der Waals surface area (Å²) < 4.78 is 5.29. The zero-order chi connectivity index (χ0) is 26.4. The van der Waals surface area contributed by atoms with Crippen molar-refractivity contribution in [3.63, 3.8) is 0 Å². The summed E-state index contributed by atoms with van der Waals surface area (Å²) in [7, 11) is 1.69. The molecule has 0 saturated carbocycles. The van der Waals surface area contributed by atoms with Crippen molar-refractivity contribution in [1.29, 1.82) is 0 Å². The van der Waals surface area contributed by atoms with Crippen LogP contribution in [0.25, 0.3) is 0 Å². The molecule has 4 rings (SSSR count). The molecular formula is C29H37N5O2S. The first kappa shape index (κ1) is 26.8. The highest BCUT2D eigenvalue weighted by molar-refractivity contribution is 7.98. The largest absolute Gasteiger partial charge is 0.497 e. The lowest BCUT2D eigenvalue weighted by Gasteiger charge is -2.37. The third kappa shape index (κ3) is 6.95. The van der Waals surface area contributed by atoms with E-state index in [1.165, 1.54) is 5.69 Å². The number of methoxy groups -OCH3 is 1. The van der Waals surface area contributed by atoms with Crippen LogP contribution >= 0.6 is 11.8 Å². The van der Waals surface area contributed by atoms with Gasteiger partial charge in [0.15, 0.2) is 5.16 Å². The van der Waals surface area contributed by atoms with Crippen LogP contribution in [0, 0.1) is 19.8 Å². The van der Waals surface area contributed by atoms with Crippen LogP contribution in [0.3, 0.4) is 0 Å². The van der Waals surface area contributed by atoms with Crippen molar-refractivity contribution in [2.45, 2.75) is 38.6 Å². The van der Waals surface area contributed by atoms with Crippen molar-refractivity contribution in [3.8, 4) is 5.75 Å². The number of nitrogens with one attached hydrogen (secondary N) is 1. The molecule has 7 nitrogen and oxygen atoms in total. The summed E-state index contributed by atoms with van der Waals surface area (Å²) in [6, 6.07) is 16.1. The number of hydrogen-bond donors (Lipinski definition) is 1. The van der Waals surface area contributed by atoms with E-state index in [0.717, 1.165) is 65.5 Å². The highest BCUT2D eigenvalue weighted by atomic mass is 32.2. The van der Waals surface area contributed by atoms with Crippen LogP contribution in [0.5, 0.6) is 5.75 Å². The van der Waals surface area contributed by atoms with Crippen LogP contribution in [0.2, 0.25) is 0 Å². The van der Waals surface area contributed by atoms with E-state index in [4.69, 9.17) is 14.7 Å². The minimum atomic E-state index is -0.0258. The fraction of sp³-hybridized carbons (Fsp3) is 0.414. The smallest absolute Gasteiger partial charge is 0.251 e. The fourth-order valence-electron chi connectivity index (χ4n) is 4.23. The molecule has 2 heterocycles. The lowest BCUT2D eigenvalue weighted by atomic mass is 10.1. The van der Waals surface area contributed by atoms with Crippen LogP contribution in [0.1, 0.15) is 41.0 Å². The Labute approximate surface area is 224 Å². The first-order valence-corrected chi connectivity index (χ1v) is 13.8. The number of piperazine rings is 1. The normalized spacial score (nSPS) is 13.7. The van der Waals surface area contributed by atoms with E-state index in [0.29, 0.717) is 18.0 Å². The molecule has 1 N–H and O–H groups in total. The Hall–Kier alpha value is -3.26. The molecule has 0 radical (unpaired) electrons. The first-order valence-electron chi connectivity index (χ1n) is 12.8. The predicted octanol–water partition coefficient (Wildman–Crippen LogP) is 5.11. The van der Waals surface area contributed by atoms with E-state index in [9.17, 15) is 4.79 Å². The van der Waals surface area contributed by atoms with Gasteiger partial charge in [0.05, 0.1) is 7.11 Å². The van der Waals surface area contributed by atoms with Gasteiger partial charge in [-0.2, -0.15) is 0 Å². The maximum Gasteiger partial charge on any atom is 0.251 e. The average Bonchev–Trinajstić information content (AvgIpc) is 2.92. The number of amides is 1. The van der Waals surface area contributed by atoms with Gasteiger partial charge in [-0.05, 0) is 61.7 Å². The van der Waals surface area contributed by atoms with E-state index in [2.05, 4.69) is 54.9 Å². The first-order chi connectivity index (χ1) is 17.8. The summed E-state index contributed by atoms with van der Waals surface area (Å²) in [6.07, 6.45) is 0. The molecule has 0 bridgehead atoms. The van der Waals surface area contributed by atoms with Crippen molar-refractivity contribution >= 4 is 29.2 Å². The summed E-state index contributed by atoms with van der Waals surface area (Å²) in [5, 5.41) is 3.75. The Morgan fingerprint density at radius 3 is 2.24 bits per heavy atom. The molecule has 1 aliphatic rings. The topological polar surface area (TPSA) is 70.6 Å². The molecule has 196 valence electrons. The molecule has 3 aromatic rings. The molecule has 1 saturated heterocycles. The van der Waals surface area contributed by atoms with E-state index in [-0.39, 0.29) is 5.91 Å². The maximum absolute atomic E-state index is 12.3. The molecule has 1 amide bonds. The minimum absolute atomic E-state index is 0.0258. The second-order valence-electron chi connectivity index (χ2n) is 9.80. The molecule has 0 aliphatic carbocycles. The number of rotatable bonds is 9. The molecule has 2 aromatic carbocycles. The summed E-state index contributed by atoms with van der Waals surface area (Å²) in [5.74, 6) is 3.06. The Morgan fingerprint density at radius 2 is 1.62 bits per heavy atom. The molecule has 1 aliphatic heterocycles. The van der Waals surface area contributed by atoms with Gasteiger partial charge in [-0.1, -0.05) is 37.7 Å². The van der Waals surface area contributed by atoms with Gasteiger partial charge in [0.1, 0.15) is 11.6 Å². The summed E-state index contributed by atoms with van der Waals surface area (Å²) in [5.41, 5.74) is 5.20. The van der Waals surface area contributed by atoms with Crippen LogP contribution in [0.4, 0.5) is 11.5 Å². The van der Waals surface area contributed by atoms with E-state index in [1.807, 2.05) is 36.4 Å². The van der Waals surface area contributed by atoms with Crippen LogP contribution in [0.15, 0.2) is 53.7 Å². The Balaban J connectivity index is 1.36. The van der Waals surface area contributed by atoms with Gasteiger partial charge in [-0.3, -0.25) is 4.79 Å². The van der Waals surface area contributed by atoms with Gasteiger partial charge in [-0.25, -0.2) is 9.97 Å². The molecule has 1 fully saturated rings. The minimum Gasteiger partial charge on any atom is -0.497 e. The number of carbonyl (C=O) groups is 1. The van der Waals surface area contributed by atoms with Crippen molar-refractivity contribution in [1.82, 2.24) is 15.3 Å². The number of carbonyl (C=O) groups excluding carboxylic acids is 1. The molecule has 0 spiro atoms. The number of thioether (sulfide) groups is 1. The van der Waals surface area contributed by atoms with Crippen LogP contribution in [-0.2, 0) is 5.75 Å². The number of nitrogens with zero attached hydrogens (tertiary/aromatic N) is 4. The Kier molecular flexibility index (Phi) is 8.92. The standard InChI is InChI=1S/C29H37N5O2S/c1-20(2)18-30-28(35)24-8-6-23(7-9-24)19-37-29-31-22(4)21(3)27(32-29)34-16-14-33(15-17-34)25-10-12-26(36-5)13-11-25/h6-13,20H,14-19H2,1-5H3,(H,30,35). The van der Waals surface area contributed by atoms with Crippen LogP contribution < -0.4 is 19.9 Å². The van der Waals surface area contributed by atoms with E-state index in [1.54, 1.807) is 18.9 Å². The molecule has 0 unspecified atom stereocenters. The maximum atomic E-state index is 12.3. The molecule has 37 heavy (non-hydrogen) atoms. The zero-order valence-electron chi connectivity index (χ0n) is 22.5. The van der Waals surface area contributed by atoms with Gasteiger partial charge in [0, 0.05) is 61.0 Å². The number of benzene rings is 2. The quantitative estimate of drug-likeness (QED) is 0.311. The highest BCUT2D eigenvalue weighted by Gasteiger charge is 2.21. The van der Waals surface area contributed by atoms with Gasteiger partial charge in [-0.15, -0.1) is 0 Å². The van der Waals surface area contributed by atoms with Crippen molar-refractivity contribution in [2.24, 2.45) is 5.92 Å². The number of anilines is 2. The molecule has 8 heteroatoms. The van der Waals surface area contributed by atoms with Crippen molar-refractivity contribution in [2.75, 3.05) is 49.6 Å². The zero-order valence-corrected chi connectivity index (χ0v) is 23.3. The number of aryl methyl sites for hydroxylation is 1. The van der Waals surface area contributed by atoms with E-state index >= 15 is 0 Å². The predicted molar refractivity (Wildman–Crippen MR) is 152 cm³/mol. The highest BCUT2D eigenvalue weighted by Crippen LogP contribution is 2.28. The Morgan fingerprint density at radius 1 is 0.973 bits per heavy atom. The van der Waals surface area contributed by atoms with Gasteiger partial charge >= 0.3 is 0 Å². The lowest BCUT2D eigenvalue weighted by Crippen LogP contribution is -2.47. The second-order valence-corrected chi connectivity index (χ2v) is 10.7. The molecule has 0 atom stereocenters. The monoisotopic (exact) mass is 519 g/mol. The summed E-state index contributed by atoms with van der Waals surface area (Å²) in [6.45, 7) is 12.7. The Bertz CT molecular complexity index is 1190. The third-order valence-electron chi connectivity index (χ3n) is 6.61. The summed E-state index contributed by atoms with van der Waals surface area (Å²) in [4.78, 5) is 26.8. The molecular weight excluding hydrogens is 482 g/mol. The summed E-state index contributed by atoms with van der Waals surface area (Å²) >= 11 is 1.63.